The van der Waals surface area contributed by atoms with E-state index in [1.54, 1.807) is 0 Å². The van der Waals surface area contributed by atoms with Crippen LogP contribution in [0, 0.1) is 0 Å². The lowest BCUT2D eigenvalue weighted by Gasteiger charge is -2.34. The Morgan fingerprint density at radius 3 is 2.81 bits per heavy atom. The van der Waals surface area contributed by atoms with Crippen molar-refractivity contribution in [2.24, 2.45) is 0 Å². The SMILES string of the molecule is C=C(Br)CN(CC1=CCC2(CC1)OCCO2)[C@@H](Cc1c[nH]c2ccccc12)C(=O)OC. The van der Waals surface area contributed by atoms with Crippen LogP contribution >= 0.6 is 15.9 Å². The van der Waals surface area contributed by atoms with Crippen molar-refractivity contribution < 1.29 is 19.0 Å². The van der Waals surface area contributed by atoms with Crippen LogP contribution in [0.15, 0.2) is 53.2 Å². The molecule has 1 N–H and O–H groups in total. The number of aromatic nitrogens is 1. The van der Waals surface area contributed by atoms with Crippen LogP contribution in [0.25, 0.3) is 10.9 Å². The third-order valence-corrected chi connectivity index (χ3v) is 6.38. The number of nitrogens with one attached hydrogen (secondary N) is 1. The summed E-state index contributed by atoms with van der Waals surface area (Å²) in [6, 6.07) is 7.71. The fourth-order valence-electron chi connectivity index (χ4n) is 4.52. The van der Waals surface area contributed by atoms with Crippen LogP contribution in [-0.2, 0) is 25.4 Å². The molecule has 0 bridgehead atoms. The van der Waals surface area contributed by atoms with Gasteiger partial charge in [-0.05, 0) is 18.1 Å². The Morgan fingerprint density at radius 1 is 1.35 bits per heavy atom. The van der Waals surface area contributed by atoms with Gasteiger partial charge in [-0.15, -0.1) is 0 Å². The van der Waals surface area contributed by atoms with Crippen molar-refractivity contribution in [3.05, 3.63) is 58.7 Å². The third-order valence-electron chi connectivity index (χ3n) is 6.13. The number of carbonyl (C=O) groups is 1. The minimum Gasteiger partial charge on any atom is -0.468 e. The summed E-state index contributed by atoms with van der Waals surface area (Å²) in [5.74, 6) is -0.687. The number of ether oxygens (including phenoxy) is 3. The minimum absolute atomic E-state index is 0.241. The molecule has 4 rings (SSSR count). The molecule has 2 aliphatic rings. The molecule has 31 heavy (non-hydrogen) atoms. The van der Waals surface area contributed by atoms with Crippen LogP contribution in [0.4, 0.5) is 0 Å². The molecule has 2 aromatic rings. The molecule has 1 aromatic carbocycles. The van der Waals surface area contributed by atoms with Gasteiger partial charge in [0.15, 0.2) is 5.79 Å². The molecule has 0 radical (unpaired) electrons. The molecule has 0 saturated carbocycles. The maximum atomic E-state index is 12.9. The summed E-state index contributed by atoms with van der Waals surface area (Å²) in [7, 11) is 1.45. The van der Waals surface area contributed by atoms with E-state index < -0.39 is 11.8 Å². The molecule has 0 unspecified atom stereocenters. The predicted molar refractivity (Wildman–Crippen MR) is 124 cm³/mol. The van der Waals surface area contributed by atoms with E-state index in [1.807, 2.05) is 24.4 Å². The Kier molecular flexibility index (Phi) is 6.96. The van der Waals surface area contributed by atoms with Crippen molar-refractivity contribution in [1.29, 1.82) is 0 Å². The maximum absolute atomic E-state index is 12.9. The predicted octanol–water partition coefficient (Wildman–Crippen LogP) is 4.32. The largest absolute Gasteiger partial charge is 0.468 e. The first-order valence-corrected chi connectivity index (χ1v) is 11.4. The Balaban J connectivity index is 1.56. The van der Waals surface area contributed by atoms with Crippen molar-refractivity contribution in [3.63, 3.8) is 0 Å². The molecule has 1 saturated heterocycles. The van der Waals surface area contributed by atoms with E-state index in [0.29, 0.717) is 32.7 Å². The zero-order valence-electron chi connectivity index (χ0n) is 17.9. The van der Waals surface area contributed by atoms with Gasteiger partial charge in [-0.3, -0.25) is 9.69 Å². The first kappa shape index (κ1) is 22.3. The first-order valence-electron chi connectivity index (χ1n) is 10.7. The van der Waals surface area contributed by atoms with Gasteiger partial charge in [0.2, 0.25) is 0 Å². The van der Waals surface area contributed by atoms with Crippen LogP contribution in [-0.4, -0.2) is 61.1 Å². The molecule has 1 fully saturated rings. The second kappa shape index (κ2) is 9.69. The van der Waals surface area contributed by atoms with Crippen molar-refractivity contribution in [2.75, 3.05) is 33.4 Å². The van der Waals surface area contributed by atoms with Gasteiger partial charge >= 0.3 is 5.97 Å². The van der Waals surface area contributed by atoms with E-state index in [0.717, 1.165) is 40.2 Å². The highest BCUT2D eigenvalue weighted by molar-refractivity contribution is 9.11. The highest BCUT2D eigenvalue weighted by Gasteiger charge is 2.38. The number of H-pyrrole nitrogens is 1. The standard InChI is InChI=1S/C24H29BrN2O4/c1-17(25)15-27(16-18-7-9-24(10-8-18)30-11-12-31-24)22(23(28)29-2)13-19-14-26-21-6-4-3-5-20(19)21/h3-7,14,22,26H,1,8-13,15-16H2,2H3/t22-/m0/s1. The van der Waals surface area contributed by atoms with Crippen molar-refractivity contribution in [2.45, 2.75) is 37.5 Å². The van der Waals surface area contributed by atoms with E-state index >= 15 is 0 Å². The molecular formula is C24H29BrN2O4. The Labute approximate surface area is 191 Å². The topological polar surface area (TPSA) is 63.8 Å². The number of methoxy groups -OCH3 is 1. The van der Waals surface area contributed by atoms with Gasteiger partial charge in [0.1, 0.15) is 6.04 Å². The summed E-state index contributed by atoms with van der Waals surface area (Å²) in [6.07, 6.45) is 7.22. The monoisotopic (exact) mass is 488 g/mol. The zero-order chi connectivity index (χ0) is 21.8. The Bertz CT molecular complexity index is 977. The number of fused-ring (bicyclic) bond motifs is 1. The lowest BCUT2D eigenvalue weighted by atomic mass is 9.93. The summed E-state index contributed by atoms with van der Waals surface area (Å²) in [4.78, 5) is 18.3. The molecule has 1 atom stereocenters. The lowest BCUT2D eigenvalue weighted by molar-refractivity contribution is -0.161. The number of para-hydroxylation sites is 1. The number of carbonyl (C=O) groups excluding carboxylic acids is 1. The molecule has 1 spiro atoms. The number of aromatic amines is 1. The molecule has 6 nitrogen and oxygen atoms in total. The van der Waals surface area contributed by atoms with E-state index in [1.165, 1.54) is 12.7 Å². The number of rotatable bonds is 8. The number of hydrogen-bond acceptors (Lipinski definition) is 5. The third kappa shape index (κ3) is 5.12. The first-order chi connectivity index (χ1) is 15.0. The molecular weight excluding hydrogens is 460 g/mol. The molecule has 1 aliphatic heterocycles. The smallest absolute Gasteiger partial charge is 0.323 e. The maximum Gasteiger partial charge on any atom is 0.323 e. The van der Waals surface area contributed by atoms with Crippen molar-refractivity contribution >= 4 is 32.8 Å². The number of halogens is 1. The van der Waals surface area contributed by atoms with Gasteiger partial charge in [-0.25, -0.2) is 0 Å². The fraction of sp³-hybridized carbons (Fsp3) is 0.458. The van der Waals surface area contributed by atoms with Crippen LogP contribution in [0.3, 0.4) is 0 Å². The summed E-state index contributed by atoms with van der Waals surface area (Å²) in [6.45, 7) is 6.56. The molecule has 7 heteroatoms. The fourth-order valence-corrected chi connectivity index (χ4v) is 4.84. The molecule has 2 heterocycles. The molecule has 1 aromatic heterocycles. The summed E-state index contributed by atoms with van der Waals surface area (Å²) >= 11 is 3.49. The Hall–Kier alpha value is -1.93. The average Bonchev–Trinajstić information content (AvgIpc) is 3.40. The quantitative estimate of drug-likeness (QED) is 0.442. The number of esters is 1. The van der Waals surface area contributed by atoms with Gasteiger partial charge in [-0.1, -0.05) is 52.4 Å². The number of hydrogen-bond donors (Lipinski definition) is 1. The second-order valence-electron chi connectivity index (χ2n) is 8.20. The molecule has 1 aliphatic carbocycles. The van der Waals surface area contributed by atoms with Crippen LogP contribution in [0.1, 0.15) is 24.8 Å². The summed E-state index contributed by atoms with van der Waals surface area (Å²) in [5.41, 5.74) is 3.45. The highest BCUT2D eigenvalue weighted by atomic mass is 79.9. The minimum atomic E-state index is -0.445. The summed E-state index contributed by atoms with van der Waals surface area (Å²) in [5, 5.41) is 1.13. The second-order valence-corrected chi connectivity index (χ2v) is 9.32. The number of nitrogens with zero attached hydrogens (tertiary/aromatic N) is 1. The molecule has 166 valence electrons. The highest BCUT2D eigenvalue weighted by Crippen LogP contribution is 2.35. The van der Waals surface area contributed by atoms with Crippen molar-refractivity contribution in [3.8, 4) is 0 Å². The van der Waals surface area contributed by atoms with E-state index in [-0.39, 0.29) is 5.97 Å². The van der Waals surface area contributed by atoms with Gasteiger partial charge in [0.25, 0.3) is 0 Å². The number of benzene rings is 1. The average molecular weight is 489 g/mol. The van der Waals surface area contributed by atoms with Crippen molar-refractivity contribution in [1.82, 2.24) is 9.88 Å². The zero-order valence-corrected chi connectivity index (χ0v) is 19.4. The van der Waals surface area contributed by atoms with Crippen LogP contribution in [0.5, 0.6) is 0 Å². The van der Waals surface area contributed by atoms with Crippen LogP contribution in [0.2, 0.25) is 0 Å². The van der Waals surface area contributed by atoms with E-state index in [2.05, 4.69) is 44.5 Å². The lowest BCUT2D eigenvalue weighted by Crippen LogP contribution is -2.45. The summed E-state index contributed by atoms with van der Waals surface area (Å²) < 4.78 is 17.7. The van der Waals surface area contributed by atoms with Gasteiger partial charge in [0.05, 0.1) is 20.3 Å². The van der Waals surface area contributed by atoms with Gasteiger partial charge in [0, 0.05) is 53.9 Å². The Morgan fingerprint density at radius 2 is 2.13 bits per heavy atom. The van der Waals surface area contributed by atoms with Gasteiger partial charge in [-0.2, -0.15) is 0 Å². The normalized spacial score (nSPS) is 19.0. The van der Waals surface area contributed by atoms with E-state index in [9.17, 15) is 4.79 Å². The van der Waals surface area contributed by atoms with E-state index in [4.69, 9.17) is 14.2 Å². The van der Waals surface area contributed by atoms with Gasteiger partial charge < -0.3 is 19.2 Å². The molecule has 0 amide bonds. The van der Waals surface area contributed by atoms with Crippen LogP contribution < -0.4 is 0 Å².